The molecule has 0 aliphatic rings. The second kappa shape index (κ2) is 8.70. The first kappa shape index (κ1) is 19.6. The lowest BCUT2D eigenvalue weighted by atomic mass is 10.0. The van der Waals surface area contributed by atoms with E-state index in [2.05, 4.69) is 36.3 Å². The van der Waals surface area contributed by atoms with Gasteiger partial charge in [0, 0.05) is 11.4 Å². The number of nitrogens with zero attached hydrogens (tertiary/aromatic N) is 1. The van der Waals surface area contributed by atoms with E-state index >= 15 is 0 Å². The smallest absolute Gasteiger partial charge is 0.257 e. The molecule has 3 aromatic rings. The zero-order chi connectivity index (χ0) is 20.1. The number of hydrogen-bond acceptors (Lipinski definition) is 3. The van der Waals surface area contributed by atoms with E-state index in [9.17, 15) is 4.79 Å². The van der Waals surface area contributed by atoms with Crippen molar-refractivity contribution in [3.05, 3.63) is 83.2 Å². The summed E-state index contributed by atoms with van der Waals surface area (Å²) >= 11 is 0. The highest BCUT2D eigenvalue weighted by atomic mass is 16.5. The summed E-state index contributed by atoms with van der Waals surface area (Å²) in [6.45, 7) is 8.23. The highest BCUT2D eigenvalue weighted by Crippen LogP contribution is 2.25. The molecule has 1 amide bonds. The maximum absolute atomic E-state index is 12.5. The van der Waals surface area contributed by atoms with Crippen LogP contribution in [0.15, 0.2) is 60.7 Å². The number of nitrogens with one attached hydrogen (secondary N) is 1. The summed E-state index contributed by atoms with van der Waals surface area (Å²) in [4.78, 5) is 17.0. The SMILES string of the molecule is CCc1ccc(C(=O)Nc2ccc(Oc3ccc(C(C)C)cc3)cc2)c(C)n1. The van der Waals surface area contributed by atoms with Gasteiger partial charge in [-0.15, -0.1) is 0 Å². The Hall–Kier alpha value is -3.14. The van der Waals surface area contributed by atoms with E-state index in [0.717, 1.165) is 29.3 Å². The van der Waals surface area contributed by atoms with Crippen LogP contribution in [-0.2, 0) is 6.42 Å². The molecule has 0 saturated carbocycles. The Morgan fingerprint density at radius 3 is 2.11 bits per heavy atom. The highest BCUT2D eigenvalue weighted by Gasteiger charge is 2.11. The van der Waals surface area contributed by atoms with Gasteiger partial charge in [-0.25, -0.2) is 0 Å². The van der Waals surface area contributed by atoms with E-state index in [-0.39, 0.29) is 5.91 Å². The molecule has 0 aliphatic carbocycles. The van der Waals surface area contributed by atoms with E-state index < -0.39 is 0 Å². The van der Waals surface area contributed by atoms with Gasteiger partial charge in [-0.3, -0.25) is 9.78 Å². The summed E-state index contributed by atoms with van der Waals surface area (Å²) in [5, 5.41) is 2.91. The number of rotatable bonds is 6. The lowest BCUT2D eigenvalue weighted by Gasteiger charge is -2.11. The molecule has 144 valence electrons. The quantitative estimate of drug-likeness (QED) is 0.565. The third kappa shape index (κ3) is 4.77. The zero-order valence-corrected chi connectivity index (χ0v) is 16.8. The van der Waals surface area contributed by atoms with Crippen LogP contribution in [0.4, 0.5) is 5.69 Å². The summed E-state index contributed by atoms with van der Waals surface area (Å²) in [7, 11) is 0. The van der Waals surface area contributed by atoms with E-state index in [1.807, 2.05) is 62.4 Å². The Balaban J connectivity index is 1.64. The second-order valence-electron chi connectivity index (χ2n) is 7.09. The van der Waals surface area contributed by atoms with Crippen LogP contribution in [-0.4, -0.2) is 10.9 Å². The molecule has 0 spiro atoms. The van der Waals surface area contributed by atoms with Gasteiger partial charge in [-0.2, -0.15) is 0 Å². The number of anilines is 1. The number of carbonyl (C=O) groups excluding carboxylic acids is 1. The van der Waals surface area contributed by atoms with Crippen molar-refractivity contribution in [1.29, 1.82) is 0 Å². The first-order chi connectivity index (χ1) is 13.5. The van der Waals surface area contributed by atoms with Gasteiger partial charge < -0.3 is 10.1 Å². The van der Waals surface area contributed by atoms with Crippen LogP contribution >= 0.6 is 0 Å². The van der Waals surface area contributed by atoms with Crippen molar-refractivity contribution in [2.24, 2.45) is 0 Å². The van der Waals surface area contributed by atoms with Crippen LogP contribution in [0.25, 0.3) is 0 Å². The summed E-state index contributed by atoms with van der Waals surface area (Å²) < 4.78 is 5.88. The average Bonchev–Trinajstić information content (AvgIpc) is 2.69. The zero-order valence-electron chi connectivity index (χ0n) is 16.8. The maximum atomic E-state index is 12.5. The summed E-state index contributed by atoms with van der Waals surface area (Å²) in [6.07, 6.45) is 0.852. The molecule has 0 bridgehead atoms. The Labute approximate surface area is 166 Å². The van der Waals surface area contributed by atoms with Gasteiger partial charge in [0.2, 0.25) is 0 Å². The Kier molecular flexibility index (Phi) is 6.09. The lowest BCUT2D eigenvalue weighted by molar-refractivity contribution is 0.102. The summed E-state index contributed by atoms with van der Waals surface area (Å²) in [5.41, 5.74) is 4.30. The van der Waals surface area contributed by atoms with Crippen molar-refractivity contribution in [2.75, 3.05) is 5.32 Å². The average molecular weight is 374 g/mol. The predicted molar refractivity (Wildman–Crippen MR) is 113 cm³/mol. The molecular weight excluding hydrogens is 348 g/mol. The van der Waals surface area contributed by atoms with Crippen LogP contribution in [0, 0.1) is 6.92 Å². The first-order valence-electron chi connectivity index (χ1n) is 9.62. The van der Waals surface area contributed by atoms with Crippen LogP contribution < -0.4 is 10.1 Å². The van der Waals surface area contributed by atoms with Crippen molar-refractivity contribution >= 4 is 11.6 Å². The number of carbonyl (C=O) groups is 1. The van der Waals surface area contributed by atoms with Crippen LogP contribution in [0.3, 0.4) is 0 Å². The molecule has 1 aromatic heterocycles. The van der Waals surface area contributed by atoms with Gasteiger partial charge in [0.1, 0.15) is 11.5 Å². The Bertz CT molecular complexity index is 945. The molecule has 0 fully saturated rings. The fourth-order valence-corrected chi connectivity index (χ4v) is 2.91. The van der Waals surface area contributed by atoms with Crippen molar-refractivity contribution in [2.45, 2.75) is 40.0 Å². The number of benzene rings is 2. The Morgan fingerprint density at radius 2 is 1.57 bits per heavy atom. The molecule has 3 rings (SSSR count). The van der Waals surface area contributed by atoms with Gasteiger partial charge in [-0.1, -0.05) is 32.9 Å². The Morgan fingerprint density at radius 1 is 0.964 bits per heavy atom. The monoisotopic (exact) mass is 374 g/mol. The maximum Gasteiger partial charge on any atom is 0.257 e. The predicted octanol–water partition coefficient (Wildman–Crippen LogP) is 6.12. The van der Waals surface area contributed by atoms with Gasteiger partial charge >= 0.3 is 0 Å². The molecule has 0 atom stereocenters. The molecule has 0 aliphatic heterocycles. The molecule has 0 unspecified atom stereocenters. The minimum atomic E-state index is -0.161. The van der Waals surface area contributed by atoms with Crippen LogP contribution in [0.5, 0.6) is 11.5 Å². The number of aromatic nitrogens is 1. The standard InChI is InChI=1S/C24H26N2O2/c1-5-19-10-15-23(17(4)25-19)24(27)26-20-8-13-22(14-9-20)28-21-11-6-18(7-12-21)16(2)3/h6-16H,5H2,1-4H3,(H,26,27). The molecule has 0 radical (unpaired) electrons. The molecule has 4 nitrogen and oxygen atoms in total. The van der Waals surface area contributed by atoms with Gasteiger partial charge in [0.25, 0.3) is 5.91 Å². The summed E-state index contributed by atoms with van der Waals surface area (Å²) in [5.74, 6) is 1.85. The van der Waals surface area contributed by atoms with E-state index in [1.54, 1.807) is 0 Å². The fraction of sp³-hybridized carbons (Fsp3) is 0.250. The number of aryl methyl sites for hydroxylation is 2. The van der Waals surface area contributed by atoms with Gasteiger partial charge in [0.05, 0.1) is 11.3 Å². The van der Waals surface area contributed by atoms with E-state index in [4.69, 9.17) is 4.74 Å². The molecular formula is C24H26N2O2. The second-order valence-corrected chi connectivity index (χ2v) is 7.09. The number of amides is 1. The minimum absolute atomic E-state index is 0.161. The third-order valence-corrected chi connectivity index (χ3v) is 4.65. The first-order valence-corrected chi connectivity index (χ1v) is 9.62. The number of pyridine rings is 1. The van der Waals surface area contributed by atoms with Gasteiger partial charge in [-0.05, 0) is 73.4 Å². The summed E-state index contributed by atoms with van der Waals surface area (Å²) in [6, 6.07) is 19.2. The molecule has 4 heteroatoms. The van der Waals surface area contributed by atoms with E-state index in [1.165, 1.54) is 5.56 Å². The van der Waals surface area contributed by atoms with Crippen LogP contribution in [0.1, 0.15) is 54.0 Å². The molecule has 0 saturated heterocycles. The molecule has 2 aromatic carbocycles. The largest absolute Gasteiger partial charge is 0.457 e. The van der Waals surface area contributed by atoms with E-state index in [0.29, 0.717) is 17.2 Å². The van der Waals surface area contributed by atoms with Crippen molar-refractivity contribution in [1.82, 2.24) is 4.98 Å². The van der Waals surface area contributed by atoms with Crippen molar-refractivity contribution < 1.29 is 9.53 Å². The van der Waals surface area contributed by atoms with Gasteiger partial charge in [0.15, 0.2) is 0 Å². The van der Waals surface area contributed by atoms with Crippen LogP contribution in [0.2, 0.25) is 0 Å². The minimum Gasteiger partial charge on any atom is -0.457 e. The lowest BCUT2D eigenvalue weighted by Crippen LogP contribution is -2.14. The number of ether oxygens (including phenoxy) is 1. The molecule has 1 heterocycles. The normalized spacial score (nSPS) is 10.8. The third-order valence-electron chi connectivity index (χ3n) is 4.65. The van der Waals surface area contributed by atoms with Crippen molar-refractivity contribution in [3.63, 3.8) is 0 Å². The highest BCUT2D eigenvalue weighted by molar-refractivity contribution is 6.05. The fourth-order valence-electron chi connectivity index (χ4n) is 2.91. The topological polar surface area (TPSA) is 51.2 Å². The van der Waals surface area contributed by atoms with Crippen molar-refractivity contribution in [3.8, 4) is 11.5 Å². The molecule has 1 N–H and O–H groups in total. The number of hydrogen-bond donors (Lipinski definition) is 1. The molecule has 28 heavy (non-hydrogen) atoms.